The Morgan fingerprint density at radius 2 is 1.94 bits per heavy atom. The van der Waals surface area contributed by atoms with Crippen LogP contribution in [0.25, 0.3) is 0 Å². The topological polar surface area (TPSA) is 38.3 Å². The van der Waals surface area contributed by atoms with Crippen molar-refractivity contribution in [3.8, 4) is 5.75 Å². The average Bonchev–Trinajstić information content (AvgIpc) is 2.17. The van der Waals surface area contributed by atoms with Gasteiger partial charge in [0.15, 0.2) is 0 Å². The molecule has 0 saturated carbocycles. The summed E-state index contributed by atoms with van der Waals surface area (Å²) in [6, 6.07) is 2.96. The number of carbonyl (C=O) groups excluding carboxylic acids is 1. The van der Waals surface area contributed by atoms with Gasteiger partial charge >= 0.3 is 6.18 Å². The minimum atomic E-state index is -4.44. The highest BCUT2D eigenvalue weighted by Crippen LogP contribution is 2.35. The summed E-state index contributed by atoms with van der Waals surface area (Å²) in [5, 5.41) is 2.43. The second kappa shape index (κ2) is 5.29. The molecule has 0 heterocycles. The summed E-state index contributed by atoms with van der Waals surface area (Å²) in [5.74, 6) is -0.363. The Kier molecular flexibility index (Phi) is 4.21. The summed E-state index contributed by atoms with van der Waals surface area (Å²) in [4.78, 5) is 10.9. The fraction of sp³-hybridized carbons (Fsp3) is 0.417. The number of ether oxygens (including phenoxy) is 1. The molecule has 0 radical (unpaired) electrons. The standard InChI is InChI=1S/C12H14F3NO2/c1-7(2)18-11-6-9(12(13,14)15)4-5-10(11)16-8(3)17/h4-7H,1-3H3,(H,16,17). The maximum absolute atomic E-state index is 12.6. The van der Waals surface area contributed by atoms with E-state index in [1.54, 1.807) is 13.8 Å². The van der Waals surface area contributed by atoms with E-state index in [1.807, 2.05) is 0 Å². The van der Waals surface area contributed by atoms with Gasteiger partial charge in [-0.3, -0.25) is 4.79 Å². The molecule has 0 aromatic heterocycles. The fourth-order valence-electron chi connectivity index (χ4n) is 1.34. The predicted octanol–water partition coefficient (Wildman–Crippen LogP) is 3.45. The molecule has 0 aliphatic carbocycles. The van der Waals surface area contributed by atoms with Gasteiger partial charge in [-0.15, -0.1) is 0 Å². The van der Waals surface area contributed by atoms with Gasteiger partial charge in [0.25, 0.3) is 0 Å². The molecular formula is C12H14F3NO2. The van der Waals surface area contributed by atoms with Crippen LogP contribution in [0.15, 0.2) is 18.2 Å². The highest BCUT2D eigenvalue weighted by Gasteiger charge is 2.31. The van der Waals surface area contributed by atoms with E-state index < -0.39 is 11.7 Å². The van der Waals surface area contributed by atoms with Gasteiger partial charge < -0.3 is 10.1 Å². The molecular weight excluding hydrogens is 247 g/mol. The first-order valence-electron chi connectivity index (χ1n) is 5.35. The van der Waals surface area contributed by atoms with E-state index in [2.05, 4.69) is 5.32 Å². The summed E-state index contributed by atoms with van der Waals surface area (Å²) in [7, 11) is 0. The molecule has 0 unspecified atom stereocenters. The number of halogens is 3. The van der Waals surface area contributed by atoms with Crippen LogP contribution in [0.5, 0.6) is 5.75 Å². The van der Waals surface area contributed by atoms with Crippen LogP contribution in [0.4, 0.5) is 18.9 Å². The van der Waals surface area contributed by atoms with Crippen LogP contribution >= 0.6 is 0 Å². The first-order chi connectivity index (χ1) is 8.20. The molecule has 18 heavy (non-hydrogen) atoms. The number of anilines is 1. The van der Waals surface area contributed by atoms with Crippen molar-refractivity contribution < 1.29 is 22.7 Å². The first-order valence-corrected chi connectivity index (χ1v) is 5.35. The van der Waals surface area contributed by atoms with E-state index in [9.17, 15) is 18.0 Å². The second-order valence-electron chi connectivity index (χ2n) is 4.06. The van der Waals surface area contributed by atoms with Gasteiger partial charge in [-0.25, -0.2) is 0 Å². The molecule has 0 bridgehead atoms. The third-order valence-electron chi connectivity index (χ3n) is 1.98. The van der Waals surface area contributed by atoms with Gasteiger partial charge in [0, 0.05) is 6.92 Å². The third kappa shape index (κ3) is 3.94. The zero-order chi connectivity index (χ0) is 13.9. The van der Waals surface area contributed by atoms with Gasteiger partial charge in [0.2, 0.25) is 5.91 Å². The van der Waals surface area contributed by atoms with Crippen molar-refractivity contribution in [2.75, 3.05) is 5.32 Å². The Hall–Kier alpha value is -1.72. The van der Waals surface area contributed by atoms with E-state index in [4.69, 9.17) is 4.74 Å². The minimum absolute atomic E-state index is 0.00928. The molecule has 1 rings (SSSR count). The van der Waals surface area contributed by atoms with E-state index in [-0.39, 0.29) is 23.4 Å². The van der Waals surface area contributed by atoms with Crippen LogP contribution in [-0.2, 0) is 11.0 Å². The maximum Gasteiger partial charge on any atom is 0.416 e. The van der Waals surface area contributed by atoms with Crippen molar-refractivity contribution in [1.29, 1.82) is 0 Å². The largest absolute Gasteiger partial charge is 0.489 e. The number of nitrogens with one attached hydrogen (secondary N) is 1. The molecule has 0 aliphatic heterocycles. The highest BCUT2D eigenvalue weighted by molar-refractivity contribution is 5.90. The van der Waals surface area contributed by atoms with Crippen molar-refractivity contribution in [2.45, 2.75) is 33.1 Å². The zero-order valence-corrected chi connectivity index (χ0v) is 10.3. The molecule has 1 amide bonds. The number of carbonyl (C=O) groups is 1. The van der Waals surface area contributed by atoms with Crippen LogP contribution in [0.3, 0.4) is 0 Å². The number of rotatable bonds is 3. The maximum atomic E-state index is 12.6. The van der Waals surface area contributed by atoms with Gasteiger partial charge in [-0.1, -0.05) is 0 Å². The summed E-state index contributed by atoms with van der Waals surface area (Å²) >= 11 is 0. The van der Waals surface area contributed by atoms with Crippen LogP contribution in [0.1, 0.15) is 26.3 Å². The van der Waals surface area contributed by atoms with Gasteiger partial charge in [-0.2, -0.15) is 13.2 Å². The van der Waals surface area contributed by atoms with Crippen LogP contribution in [0, 0.1) is 0 Å². The van der Waals surface area contributed by atoms with Crippen molar-refractivity contribution >= 4 is 11.6 Å². The molecule has 1 aromatic rings. The van der Waals surface area contributed by atoms with Gasteiger partial charge in [0.1, 0.15) is 5.75 Å². The predicted molar refractivity (Wildman–Crippen MR) is 61.5 cm³/mol. The number of alkyl halides is 3. The van der Waals surface area contributed by atoms with Crippen LogP contribution in [-0.4, -0.2) is 12.0 Å². The van der Waals surface area contributed by atoms with Crippen molar-refractivity contribution in [1.82, 2.24) is 0 Å². The normalized spacial score (nSPS) is 11.5. The minimum Gasteiger partial charge on any atom is -0.489 e. The Morgan fingerprint density at radius 3 is 2.39 bits per heavy atom. The summed E-state index contributed by atoms with van der Waals surface area (Å²) in [6.45, 7) is 4.66. The smallest absolute Gasteiger partial charge is 0.416 e. The highest BCUT2D eigenvalue weighted by atomic mass is 19.4. The SMILES string of the molecule is CC(=O)Nc1ccc(C(F)(F)F)cc1OC(C)C. The summed E-state index contributed by atoms with van der Waals surface area (Å²) in [5.41, 5.74) is -0.587. The second-order valence-corrected chi connectivity index (χ2v) is 4.06. The fourth-order valence-corrected chi connectivity index (χ4v) is 1.34. The molecule has 1 aromatic carbocycles. The molecule has 6 heteroatoms. The summed E-state index contributed by atoms with van der Waals surface area (Å²) < 4.78 is 42.9. The summed E-state index contributed by atoms with van der Waals surface area (Å²) in [6.07, 6.45) is -4.73. The Bertz CT molecular complexity index is 441. The molecule has 1 N–H and O–H groups in total. The molecule has 3 nitrogen and oxygen atoms in total. The first kappa shape index (κ1) is 14.3. The molecule has 0 aliphatic rings. The van der Waals surface area contributed by atoms with Crippen LogP contribution < -0.4 is 10.1 Å². The van der Waals surface area contributed by atoms with Gasteiger partial charge in [-0.05, 0) is 32.0 Å². The lowest BCUT2D eigenvalue weighted by molar-refractivity contribution is -0.137. The zero-order valence-electron chi connectivity index (χ0n) is 10.3. The van der Waals surface area contributed by atoms with Crippen molar-refractivity contribution in [2.24, 2.45) is 0 Å². The quantitative estimate of drug-likeness (QED) is 0.905. The Labute approximate surface area is 103 Å². The third-order valence-corrected chi connectivity index (χ3v) is 1.98. The lowest BCUT2D eigenvalue weighted by Gasteiger charge is -2.16. The van der Waals surface area contributed by atoms with E-state index in [1.165, 1.54) is 13.0 Å². The van der Waals surface area contributed by atoms with Gasteiger partial charge in [0.05, 0.1) is 17.4 Å². The molecule has 0 saturated heterocycles. The molecule has 0 atom stereocenters. The van der Waals surface area contributed by atoms with Crippen LogP contribution in [0.2, 0.25) is 0 Å². The Morgan fingerprint density at radius 1 is 1.33 bits per heavy atom. The number of amides is 1. The van der Waals surface area contributed by atoms with E-state index in [0.29, 0.717) is 0 Å². The van der Waals surface area contributed by atoms with Crippen molar-refractivity contribution in [3.05, 3.63) is 23.8 Å². The van der Waals surface area contributed by atoms with Crippen molar-refractivity contribution in [3.63, 3.8) is 0 Å². The monoisotopic (exact) mass is 261 g/mol. The number of hydrogen-bond donors (Lipinski definition) is 1. The molecule has 0 spiro atoms. The average molecular weight is 261 g/mol. The number of hydrogen-bond acceptors (Lipinski definition) is 2. The van der Waals surface area contributed by atoms with E-state index >= 15 is 0 Å². The molecule has 0 fully saturated rings. The lowest BCUT2D eigenvalue weighted by Crippen LogP contribution is -2.13. The van der Waals surface area contributed by atoms with E-state index in [0.717, 1.165) is 12.1 Å². The Balaban J connectivity index is 3.16. The lowest BCUT2D eigenvalue weighted by atomic mass is 10.1. The molecule has 100 valence electrons. The number of benzene rings is 1.